The molecular weight excluding hydrogens is 310 g/mol. The van der Waals surface area contributed by atoms with E-state index in [9.17, 15) is 9.59 Å². The summed E-state index contributed by atoms with van der Waals surface area (Å²) in [6.45, 7) is 0.133. The molecule has 0 atom stereocenters. The summed E-state index contributed by atoms with van der Waals surface area (Å²) in [6.07, 6.45) is 1.35. The van der Waals surface area contributed by atoms with Crippen molar-refractivity contribution in [2.45, 2.75) is 0 Å². The second kappa shape index (κ2) is 7.06. The van der Waals surface area contributed by atoms with Crippen LogP contribution in [0.3, 0.4) is 0 Å². The third-order valence-corrected chi connectivity index (χ3v) is 3.25. The Balaban J connectivity index is 2.53. The molecule has 2 N–H and O–H groups in total. The van der Waals surface area contributed by atoms with Crippen molar-refractivity contribution < 1.29 is 14.6 Å². The fourth-order valence-electron chi connectivity index (χ4n) is 1.86. The summed E-state index contributed by atoms with van der Waals surface area (Å²) in [6, 6.07) is 6.42. The number of esters is 1. The van der Waals surface area contributed by atoms with E-state index in [1.165, 1.54) is 19.4 Å². The van der Waals surface area contributed by atoms with Crippen molar-refractivity contribution in [1.82, 2.24) is 9.78 Å². The number of hydrogen-bond donors (Lipinski definition) is 2. The maximum atomic E-state index is 12.3. The predicted molar refractivity (Wildman–Crippen MR) is 81.8 cm³/mol. The summed E-state index contributed by atoms with van der Waals surface area (Å²) in [7, 11) is 1.25. The Labute approximate surface area is 131 Å². The van der Waals surface area contributed by atoms with Crippen LogP contribution in [0.2, 0.25) is 5.02 Å². The molecular formula is C14H14ClN3O4. The number of aliphatic hydroxyl groups is 1. The summed E-state index contributed by atoms with van der Waals surface area (Å²) in [4.78, 5) is 24.1. The second-order valence-corrected chi connectivity index (χ2v) is 4.63. The molecule has 1 aromatic carbocycles. The van der Waals surface area contributed by atoms with Crippen LogP contribution >= 0.6 is 11.6 Å². The van der Waals surface area contributed by atoms with E-state index in [4.69, 9.17) is 21.4 Å². The van der Waals surface area contributed by atoms with E-state index in [2.05, 4.69) is 10.4 Å². The topological polar surface area (TPSA) is 93.5 Å². The lowest BCUT2D eigenvalue weighted by molar-refractivity contribution is 0.0600. The highest BCUT2D eigenvalue weighted by Crippen LogP contribution is 2.18. The monoisotopic (exact) mass is 323 g/mol. The molecule has 0 bridgehead atoms. The second-order valence-electron chi connectivity index (χ2n) is 4.25. The van der Waals surface area contributed by atoms with Crippen LogP contribution in [-0.2, 0) is 4.74 Å². The van der Waals surface area contributed by atoms with Gasteiger partial charge in [0.2, 0.25) is 0 Å². The van der Waals surface area contributed by atoms with Crippen LogP contribution in [0.25, 0.3) is 5.69 Å². The number of aromatic nitrogens is 2. The first-order valence-electron chi connectivity index (χ1n) is 6.40. The Hall–Kier alpha value is -2.38. The summed E-state index contributed by atoms with van der Waals surface area (Å²) in [5, 5.41) is 15.5. The minimum absolute atomic E-state index is 0.0804. The van der Waals surface area contributed by atoms with E-state index >= 15 is 0 Å². The van der Waals surface area contributed by atoms with Crippen LogP contribution < -0.4 is 10.9 Å². The van der Waals surface area contributed by atoms with Crippen molar-refractivity contribution in [3.05, 3.63) is 51.4 Å². The van der Waals surface area contributed by atoms with Crippen molar-refractivity contribution >= 4 is 23.3 Å². The smallest absolute Gasteiger partial charge is 0.340 e. The number of para-hydroxylation sites is 1. The van der Waals surface area contributed by atoms with Gasteiger partial charge in [-0.25, -0.2) is 4.79 Å². The van der Waals surface area contributed by atoms with Gasteiger partial charge in [0, 0.05) is 6.54 Å². The number of ether oxygens (including phenoxy) is 1. The lowest BCUT2D eigenvalue weighted by Gasteiger charge is -2.11. The number of nitrogens with zero attached hydrogens (tertiary/aromatic N) is 2. The van der Waals surface area contributed by atoms with E-state index in [1.807, 2.05) is 0 Å². The molecule has 0 saturated heterocycles. The van der Waals surface area contributed by atoms with E-state index < -0.39 is 11.5 Å². The Morgan fingerprint density at radius 1 is 1.45 bits per heavy atom. The first-order valence-corrected chi connectivity index (χ1v) is 6.78. The van der Waals surface area contributed by atoms with Gasteiger partial charge in [0.05, 0.1) is 36.9 Å². The van der Waals surface area contributed by atoms with Gasteiger partial charge < -0.3 is 15.2 Å². The van der Waals surface area contributed by atoms with Gasteiger partial charge in [0.1, 0.15) is 5.02 Å². The van der Waals surface area contributed by atoms with Gasteiger partial charge in [0.25, 0.3) is 5.56 Å². The first-order chi connectivity index (χ1) is 10.6. The van der Waals surface area contributed by atoms with Crippen LogP contribution in [0.1, 0.15) is 10.4 Å². The highest BCUT2D eigenvalue weighted by atomic mass is 35.5. The number of methoxy groups -OCH3 is 1. The Kier molecular flexibility index (Phi) is 5.13. The van der Waals surface area contributed by atoms with Gasteiger partial charge in [0.15, 0.2) is 0 Å². The fraction of sp³-hybridized carbons (Fsp3) is 0.214. The summed E-state index contributed by atoms with van der Waals surface area (Å²) in [5.74, 6) is -0.581. The van der Waals surface area contributed by atoms with Gasteiger partial charge in [-0.2, -0.15) is 9.78 Å². The largest absolute Gasteiger partial charge is 0.465 e. The number of carbonyl (C=O) groups is 1. The normalized spacial score (nSPS) is 10.3. The highest BCUT2D eigenvalue weighted by Gasteiger charge is 2.16. The molecule has 0 unspecified atom stereocenters. The number of rotatable bonds is 5. The zero-order chi connectivity index (χ0) is 16.1. The average Bonchev–Trinajstić information content (AvgIpc) is 2.55. The van der Waals surface area contributed by atoms with Crippen molar-refractivity contribution in [3.8, 4) is 5.69 Å². The van der Waals surface area contributed by atoms with Crippen molar-refractivity contribution in [2.75, 3.05) is 25.6 Å². The lowest BCUT2D eigenvalue weighted by atomic mass is 10.2. The molecule has 0 aliphatic carbocycles. The number of anilines is 1. The van der Waals surface area contributed by atoms with E-state index in [0.717, 1.165) is 4.68 Å². The lowest BCUT2D eigenvalue weighted by Crippen LogP contribution is -2.25. The Morgan fingerprint density at radius 2 is 2.18 bits per heavy atom. The number of hydrogen-bond acceptors (Lipinski definition) is 6. The molecule has 0 aliphatic heterocycles. The van der Waals surface area contributed by atoms with Crippen molar-refractivity contribution in [1.29, 1.82) is 0 Å². The van der Waals surface area contributed by atoms with Crippen LogP contribution in [0.5, 0.6) is 0 Å². The SMILES string of the molecule is COC(=O)c1ccccc1-n1ncc(NCCO)c(Cl)c1=O. The van der Waals surface area contributed by atoms with E-state index in [0.29, 0.717) is 5.69 Å². The van der Waals surface area contributed by atoms with Gasteiger partial charge in [-0.15, -0.1) is 0 Å². The molecule has 1 aromatic heterocycles. The quantitative estimate of drug-likeness (QED) is 0.800. The van der Waals surface area contributed by atoms with Gasteiger partial charge >= 0.3 is 5.97 Å². The van der Waals surface area contributed by atoms with E-state index in [1.54, 1.807) is 18.2 Å². The molecule has 2 aromatic rings. The minimum Gasteiger partial charge on any atom is -0.465 e. The first kappa shape index (κ1) is 16.0. The maximum Gasteiger partial charge on any atom is 0.340 e. The van der Waals surface area contributed by atoms with Crippen molar-refractivity contribution in [3.63, 3.8) is 0 Å². The maximum absolute atomic E-state index is 12.3. The molecule has 22 heavy (non-hydrogen) atoms. The molecule has 0 radical (unpaired) electrons. The molecule has 7 nitrogen and oxygen atoms in total. The number of benzene rings is 1. The molecule has 2 rings (SSSR count). The van der Waals surface area contributed by atoms with Crippen LogP contribution in [0.15, 0.2) is 35.3 Å². The molecule has 8 heteroatoms. The van der Waals surface area contributed by atoms with Crippen LogP contribution in [-0.4, -0.2) is 41.1 Å². The fourth-order valence-corrected chi connectivity index (χ4v) is 2.05. The molecule has 0 spiro atoms. The Bertz CT molecular complexity index is 745. The summed E-state index contributed by atoms with van der Waals surface area (Å²) < 4.78 is 5.72. The van der Waals surface area contributed by atoms with Gasteiger partial charge in [-0.1, -0.05) is 23.7 Å². The zero-order valence-electron chi connectivity index (χ0n) is 11.7. The van der Waals surface area contributed by atoms with Crippen LogP contribution in [0, 0.1) is 0 Å². The third kappa shape index (κ3) is 3.10. The molecule has 0 fully saturated rings. The zero-order valence-corrected chi connectivity index (χ0v) is 12.5. The summed E-state index contributed by atoms with van der Waals surface area (Å²) in [5.41, 5.74) is 0.204. The van der Waals surface area contributed by atoms with E-state index in [-0.39, 0.29) is 29.4 Å². The third-order valence-electron chi connectivity index (χ3n) is 2.88. The molecule has 0 amide bonds. The predicted octanol–water partition coefficient (Wildman–Crippen LogP) is 1.08. The molecule has 116 valence electrons. The molecule has 0 aliphatic rings. The highest BCUT2D eigenvalue weighted by molar-refractivity contribution is 6.32. The average molecular weight is 324 g/mol. The van der Waals surface area contributed by atoms with Gasteiger partial charge in [-0.05, 0) is 12.1 Å². The summed E-state index contributed by atoms with van der Waals surface area (Å²) >= 11 is 6.02. The number of nitrogens with one attached hydrogen (secondary N) is 1. The number of aliphatic hydroxyl groups excluding tert-OH is 1. The number of carbonyl (C=O) groups excluding carboxylic acids is 1. The Morgan fingerprint density at radius 3 is 2.86 bits per heavy atom. The van der Waals surface area contributed by atoms with Gasteiger partial charge in [-0.3, -0.25) is 4.79 Å². The standard InChI is InChI=1S/C14H14ClN3O4/c1-22-14(21)9-4-2-3-5-11(9)18-13(20)12(15)10(8-17-18)16-6-7-19/h2-5,8,16,19H,6-7H2,1H3. The minimum atomic E-state index is -0.582. The van der Waals surface area contributed by atoms with Crippen LogP contribution in [0.4, 0.5) is 5.69 Å². The number of halogens is 1. The van der Waals surface area contributed by atoms with Crippen molar-refractivity contribution in [2.24, 2.45) is 0 Å². The molecule has 1 heterocycles. The molecule has 0 saturated carbocycles.